The zero-order valence-corrected chi connectivity index (χ0v) is 10.5. The maximum Gasteiger partial charge on any atom is 0.417 e. The highest BCUT2D eigenvalue weighted by Crippen LogP contribution is 2.36. The molecule has 2 rings (SSSR count). The van der Waals surface area contributed by atoms with Crippen molar-refractivity contribution in [1.82, 2.24) is 9.97 Å². The molecule has 1 N–H and O–H groups in total. The largest absolute Gasteiger partial charge is 0.417 e. The molecule has 0 atom stereocenters. The molecule has 0 unspecified atom stereocenters. The summed E-state index contributed by atoms with van der Waals surface area (Å²) >= 11 is 0. The van der Waals surface area contributed by atoms with Crippen LogP contribution in [-0.2, 0) is 6.18 Å². The summed E-state index contributed by atoms with van der Waals surface area (Å²) in [6.07, 6.45) is -3.27. The van der Waals surface area contributed by atoms with Gasteiger partial charge in [0.15, 0.2) is 5.82 Å². The van der Waals surface area contributed by atoms with Gasteiger partial charge in [-0.15, -0.1) is 0 Å². The molecular formula is C13H11F4N3. The van der Waals surface area contributed by atoms with Gasteiger partial charge in [-0.2, -0.15) is 13.2 Å². The number of anilines is 1. The van der Waals surface area contributed by atoms with Crippen LogP contribution in [0.15, 0.2) is 30.5 Å². The SMILES string of the molecule is CCNc1ccnc(-c2cc(F)ccc2C(F)(F)F)n1. The summed E-state index contributed by atoms with van der Waals surface area (Å²) in [5.41, 5.74) is -1.34. The van der Waals surface area contributed by atoms with Crippen LogP contribution in [0.5, 0.6) is 0 Å². The van der Waals surface area contributed by atoms with Crippen LogP contribution in [0.25, 0.3) is 11.4 Å². The summed E-state index contributed by atoms with van der Waals surface area (Å²) in [7, 11) is 0. The fourth-order valence-electron chi connectivity index (χ4n) is 1.72. The van der Waals surface area contributed by atoms with Gasteiger partial charge in [0, 0.05) is 18.3 Å². The summed E-state index contributed by atoms with van der Waals surface area (Å²) in [5, 5.41) is 2.86. The van der Waals surface area contributed by atoms with Crippen molar-refractivity contribution in [2.45, 2.75) is 13.1 Å². The summed E-state index contributed by atoms with van der Waals surface area (Å²) < 4.78 is 52.0. The molecule has 0 spiro atoms. The van der Waals surface area contributed by atoms with E-state index in [4.69, 9.17) is 0 Å². The lowest BCUT2D eigenvalue weighted by molar-refractivity contribution is -0.137. The van der Waals surface area contributed by atoms with Crippen molar-refractivity contribution in [1.29, 1.82) is 0 Å². The van der Waals surface area contributed by atoms with Crippen molar-refractivity contribution in [3.8, 4) is 11.4 Å². The van der Waals surface area contributed by atoms with Crippen LogP contribution in [0.1, 0.15) is 12.5 Å². The Morgan fingerprint density at radius 3 is 2.60 bits per heavy atom. The third kappa shape index (κ3) is 3.04. The first-order valence-corrected chi connectivity index (χ1v) is 5.86. The Hall–Kier alpha value is -2.18. The third-order valence-electron chi connectivity index (χ3n) is 2.54. The second-order valence-corrected chi connectivity index (χ2v) is 3.98. The maximum atomic E-state index is 13.2. The molecule has 0 aliphatic carbocycles. The first-order valence-electron chi connectivity index (χ1n) is 5.86. The van der Waals surface area contributed by atoms with Crippen molar-refractivity contribution >= 4 is 5.82 Å². The van der Waals surface area contributed by atoms with Crippen molar-refractivity contribution in [3.63, 3.8) is 0 Å². The number of alkyl halides is 3. The molecule has 20 heavy (non-hydrogen) atoms. The molecule has 0 aliphatic heterocycles. The van der Waals surface area contributed by atoms with Gasteiger partial charge in [0.2, 0.25) is 0 Å². The summed E-state index contributed by atoms with van der Waals surface area (Å²) in [6, 6.07) is 3.77. The quantitative estimate of drug-likeness (QED) is 0.873. The predicted molar refractivity (Wildman–Crippen MR) is 66.6 cm³/mol. The molecule has 1 aromatic heterocycles. The van der Waals surface area contributed by atoms with Crippen molar-refractivity contribution in [2.75, 3.05) is 11.9 Å². The zero-order chi connectivity index (χ0) is 14.8. The Labute approximate surface area is 112 Å². The molecule has 0 fully saturated rings. The minimum Gasteiger partial charge on any atom is -0.370 e. The number of aromatic nitrogens is 2. The van der Waals surface area contributed by atoms with Crippen molar-refractivity contribution < 1.29 is 17.6 Å². The molecule has 0 bridgehead atoms. The average Bonchev–Trinajstić information content (AvgIpc) is 2.38. The van der Waals surface area contributed by atoms with E-state index in [0.717, 1.165) is 12.1 Å². The number of rotatable bonds is 3. The van der Waals surface area contributed by atoms with E-state index in [1.165, 1.54) is 12.3 Å². The van der Waals surface area contributed by atoms with Gasteiger partial charge in [0.25, 0.3) is 0 Å². The van der Waals surface area contributed by atoms with E-state index in [-0.39, 0.29) is 11.4 Å². The van der Waals surface area contributed by atoms with E-state index < -0.39 is 17.6 Å². The van der Waals surface area contributed by atoms with E-state index in [2.05, 4.69) is 15.3 Å². The van der Waals surface area contributed by atoms with Gasteiger partial charge in [-0.25, -0.2) is 14.4 Å². The molecule has 1 aromatic carbocycles. The lowest BCUT2D eigenvalue weighted by Crippen LogP contribution is -2.09. The number of hydrogen-bond donors (Lipinski definition) is 1. The van der Waals surface area contributed by atoms with Crippen LogP contribution in [-0.4, -0.2) is 16.5 Å². The number of benzene rings is 1. The van der Waals surface area contributed by atoms with Crippen LogP contribution in [0.4, 0.5) is 23.4 Å². The van der Waals surface area contributed by atoms with Crippen molar-refractivity contribution in [3.05, 3.63) is 41.8 Å². The second kappa shape index (κ2) is 5.44. The first kappa shape index (κ1) is 14.2. The molecule has 0 amide bonds. The minimum absolute atomic E-state index is 0.171. The summed E-state index contributed by atoms with van der Waals surface area (Å²) in [6.45, 7) is 2.39. The standard InChI is InChI=1S/C13H11F4N3/c1-2-18-11-5-6-19-12(20-11)9-7-8(14)3-4-10(9)13(15,16)17/h3-7H,2H2,1H3,(H,18,19,20). The number of hydrogen-bond acceptors (Lipinski definition) is 3. The monoisotopic (exact) mass is 285 g/mol. The molecule has 0 saturated heterocycles. The van der Waals surface area contributed by atoms with Crippen LogP contribution < -0.4 is 5.32 Å². The van der Waals surface area contributed by atoms with Gasteiger partial charge in [0.1, 0.15) is 11.6 Å². The van der Waals surface area contributed by atoms with Crippen LogP contribution in [0.2, 0.25) is 0 Å². The fourth-order valence-corrected chi connectivity index (χ4v) is 1.72. The lowest BCUT2D eigenvalue weighted by Gasteiger charge is -2.12. The highest BCUT2D eigenvalue weighted by molar-refractivity contribution is 5.62. The van der Waals surface area contributed by atoms with Crippen LogP contribution in [0.3, 0.4) is 0 Å². The van der Waals surface area contributed by atoms with E-state index in [0.29, 0.717) is 18.4 Å². The van der Waals surface area contributed by atoms with E-state index in [9.17, 15) is 17.6 Å². The molecule has 1 heterocycles. The fraction of sp³-hybridized carbons (Fsp3) is 0.231. The average molecular weight is 285 g/mol. The van der Waals surface area contributed by atoms with Gasteiger partial charge in [-0.1, -0.05) is 0 Å². The van der Waals surface area contributed by atoms with E-state index >= 15 is 0 Å². The molecule has 0 aliphatic rings. The first-order chi connectivity index (χ1) is 9.41. The molecule has 7 heteroatoms. The van der Waals surface area contributed by atoms with Crippen LogP contribution in [0, 0.1) is 5.82 Å². The van der Waals surface area contributed by atoms with Gasteiger partial charge in [0.05, 0.1) is 5.56 Å². The highest BCUT2D eigenvalue weighted by Gasteiger charge is 2.34. The Bertz CT molecular complexity index is 611. The number of nitrogens with zero attached hydrogens (tertiary/aromatic N) is 2. The Morgan fingerprint density at radius 2 is 1.95 bits per heavy atom. The maximum absolute atomic E-state index is 13.2. The predicted octanol–water partition coefficient (Wildman–Crippen LogP) is 3.73. The Morgan fingerprint density at radius 1 is 1.20 bits per heavy atom. The van der Waals surface area contributed by atoms with E-state index in [1.54, 1.807) is 0 Å². The topological polar surface area (TPSA) is 37.8 Å². The van der Waals surface area contributed by atoms with Crippen molar-refractivity contribution in [2.24, 2.45) is 0 Å². The third-order valence-corrected chi connectivity index (χ3v) is 2.54. The van der Waals surface area contributed by atoms with Gasteiger partial charge in [-0.3, -0.25) is 0 Å². The number of nitrogens with one attached hydrogen (secondary N) is 1. The highest BCUT2D eigenvalue weighted by atomic mass is 19.4. The molecule has 0 radical (unpaired) electrons. The van der Waals surface area contributed by atoms with Gasteiger partial charge < -0.3 is 5.32 Å². The molecule has 0 saturated carbocycles. The zero-order valence-electron chi connectivity index (χ0n) is 10.5. The molecular weight excluding hydrogens is 274 g/mol. The smallest absolute Gasteiger partial charge is 0.370 e. The molecule has 106 valence electrons. The van der Waals surface area contributed by atoms with Gasteiger partial charge in [-0.05, 0) is 31.2 Å². The lowest BCUT2D eigenvalue weighted by atomic mass is 10.1. The molecule has 2 aromatic rings. The second-order valence-electron chi connectivity index (χ2n) is 3.98. The summed E-state index contributed by atoms with van der Waals surface area (Å²) in [4.78, 5) is 7.75. The van der Waals surface area contributed by atoms with E-state index in [1.807, 2.05) is 6.92 Å². The summed E-state index contributed by atoms with van der Waals surface area (Å²) in [5.74, 6) is -0.560. The molecule has 3 nitrogen and oxygen atoms in total. The minimum atomic E-state index is -4.60. The normalized spacial score (nSPS) is 11.4. The Balaban J connectivity index is 2.56. The Kier molecular flexibility index (Phi) is 3.87. The number of halogens is 4. The van der Waals surface area contributed by atoms with Gasteiger partial charge >= 0.3 is 6.18 Å². The van der Waals surface area contributed by atoms with Crippen LogP contribution >= 0.6 is 0 Å².